The summed E-state index contributed by atoms with van der Waals surface area (Å²) in [6, 6.07) is 6.39. The Hall–Kier alpha value is -1.86. The Morgan fingerprint density at radius 3 is 2.35 bits per heavy atom. The average molecular weight is 319 g/mol. The summed E-state index contributed by atoms with van der Waals surface area (Å²) in [5.74, 6) is -1.56. The van der Waals surface area contributed by atoms with E-state index >= 15 is 0 Å². The molecule has 8 heteroatoms. The van der Waals surface area contributed by atoms with Crippen LogP contribution in [0, 0.1) is 11.6 Å². The quantitative estimate of drug-likeness (QED) is 0.854. The molecular weight excluding hydrogens is 310 g/mol. The minimum atomic E-state index is -4.07. The van der Waals surface area contributed by atoms with Gasteiger partial charge in [-0.15, -0.1) is 0 Å². The molecule has 2 aromatic rings. The third-order valence-corrected chi connectivity index (χ3v) is 4.05. The van der Waals surface area contributed by atoms with Crippen LogP contribution in [0.5, 0.6) is 0 Å². The Labute approximate surface area is 119 Å². The highest BCUT2D eigenvalue weighted by Gasteiger charge is 2.17. The van der Waals surface area contributed by atoms with Crippen molar-refractivity contribution in [1.82, 2.24) is 0 Å². The second-order valence-electron chi connectivity index (χ2n) is 3.91. The molecule has 0 aliphatic rings. The molecule has 3 N–H and O–H groups in total. The fourth-order valence-corrected chi connectivity index (χ4v) is 2.73. The summed E-state index contributed by atoms with van der Waals surface area (Å²) in [5, 5.41) is 0.136. The van der Waals surface area contributed by atoms with Crippen LogP contribution in [0.1, 0.15) is 0 Å². The van der Waals surface area contributed by atoms with Crippen molar-refractivity contribution in [3.05, 3.63) is 53.1 Å². The van der Waals surface area contributed by atoms with Crippen LogP contribution in [-0.4, -0.2) is 8.42 Å². The highest BCUT2D eigenvalue weighted by atomic mass is 35.5. The molecule has 0 saturated heterocycles. The molecule has 0 aliphatic heterocycles. The molecule has 0 heterocycles. The summed E-state index contributed by atoms with van der Waals surface area (Å²) in [4.78, 5) is -0.272. The van der Waals surface area contributed by atoms with Crippen LogP contribution in [0.25, 0.3) is 0 Å². The van der Waals surface area contributed by atoms with E-state index in [-0.39, 0.29) is 21.3 Å². The first-order valence-electron chi connectivity index (χ1n) is 5.32. The van der Waals surface area contributed by atoms with Crippen molar-refractivity contribution < 1.29 is 17.2 Å². The van der Waals surface area contributed by atoms with Gasteiger partial charge < -0.3 is 5.73 Å². The maximum absolute atomic E-state index is 13.5. The van der Waals surface area contributed by atoms with Crippen LogP contribution < -0.4 is 10.5 Å². The summed E-state index contributed by atoms with van der Waals surface area (Å²) < 4.78 is 52.6. The number of nitrogen functional groups attached to an aromatic ring is 1. The van der Waals surface area contributed by atoms with Gasteiger partial charge in [-0.05, 0) is 36.4 Å². The average Bonchev–Trinajstić information content (AvgIpc) is 2.36. The molecule has 0 atom stereocenters. The van der Waals surface area contributed by atoms with Gasteiger partial charge in [0.25, 0.3) is 10.0 Å². The van der Waals surface area contributed by atoms with E-state index in [2.05, 4.69) is 0 Å². The predicted octanol–water partition coefficient (Wildman–Crippen LogP) is 3.00. The van der Waals surface area contributed by atoms with Crippen molar-refractivity contribution in [3.63, 3.8) is 0 Å². The van der Waals surface area contributed by atoms with Gasteiger partial charge >= 0.3 is 0 Å². The highest BCUT2D eigenvalue weighted by molar-refractivity contribution is 7.92. The maximum Gasteiger partial charge on any atom is 0.262 e. The van der Waals surface area contributed by atoms with Gasteiger partial charge in [-0.25, -0.2) is 17.2 Å². The third kappa shape index (κ3) is 3.00. The van der Waals surface area contributed by atoms with Crippen LogP contribution >= 0.6 is 11.6 Å². The number of rotatable bonds is 3. The molecule has 0 radical (unpaired) electrons. The third-order valence-electron chi connectivity index (χ3n) is 2.45. The van der Waals surface area contributed by atoms with Gasteiger partial charge in [0.15, 0.2) is 0 Å². The van der Waals surface area contributed by atoms with Crippen molar-refractivity contribution in [2.45, 2.75) is 4.90 Å². The first kappa shape index (κ1) is 14.5. The molecule has 20 heavy (non-hydrogen) atoms. The zero-order chi connectivity index (χ0) is 14.9. The number of nitrogens with one attached hydrogen (secondary N) is 1. The predicted molar refractivity (Wildman–Crippen MR) is 73.0 cm³/mol. The van der Waals surface area contributed by atoms with E-state index in [0.717, 1.165) is 24.3 Å². The fraction of sp³-hybridized carbons (Fsp3) is 0. The van der Waals surface area contributed by atoms with Gasteiger partial charge in [-0.2, -0.15) is 0 Å². The number of hydrogen-bond acceptors (Lipinski definition) is 3. The van der Waals surface area contributed by atoms with Gasteiger partial charge in [0, 0.05) is 5.02 Å². The van der Waals surface area contributed by atoms with Crippen molar-refractivity contribution >= 4 is 33.0 Å². The summed E-state index contributed by atoms with van der Waals surface area (Å²) in [6.07, 6.45) is 0. The van der Waals surface area contributed by atoms with Crippen LogP contribution in [0.2, 0.25) is 5.02 Å². The van der Waals surface area contributed by atoms with E-state index in [1.165, 1.54) is 12.1 Å². The van der Waals surface area contributed by atoms with Crippen LogP contribution in [0.3, 0.4) is 0 Å². The van der Waals surface area contributed by atoms with E-state index in [0.29, 0.717) is 0 Å². The first-order chi connectivity index (χ1) is 9.29. The SMILES string of the molecule is Nc1cc(S(=O)(=O)Nc2ccc(Cl)cc2F)ccc1F. The largest absolute Gasteiger partial charge is 0.396 e. The Morgan fingerprint density at radius 1 is 1.05 bits per heavy atom. The van der Waals surface area contributed by atoms with Gasteiger partial charge in [-0.1, -0.05) is 11.6 Å². The Bertz CT molecular complexity index is 766. The minimum absolute atomic E-state index is 0.136. The van der Waals surface area contributed by atoms with Crippen LogP contribution in [0.4, 0.5) is 20.2 Å². The van der Waals surface area contributed by atoms with E-state index in [1.54, 1.807) is 0 Å². The van der Waals surface area contributed by atoms with Gasteiger partial charge in [0.1, 0.15) is 11.6 Å². The zero-order valence-corrected chi connectivity index (χ0v) is 11.5. The highest BCUT2D eigenvalue weighted by Crippen LogP contribution is 2.23. The molecule has 0 saturated carbocycles. The van der Waals surface area contributed by atoms with Gasteiger partial charge in [0.2, 0.25) is 0 Å². The normalized spacial score (nSPS) is 11.3. The Morgan fingerprint density at radius 2 is 1.75 bits per heavy atom. The zero-order valence-electron chi connectivity index (χ0n) is 9.90. The van der Waals surface area contributed by atoms with Crippen LogP contribution in [0.15, 0.2) is 41.3 Å². The van der Waals surface area contributed by atoms with Crippen molar-refractivity contribution in [2.75, 3.05) is 10.5 Å². The van der Waals surface area contributed by atoms with E-state index < -0.39 is 21.7 Å². The van der Waals surface area contributed by atoms with Gasteiger partial charge in [-0.3, -0.25) is 4.72 Å². The van der Waals surface area contributed by atoms with Crippen LogP contribution in [-0.2, 0) is 10.0 Å². The minimum Gasteiger partial charge on any atom is -0.396 e. The summed E-state index contributed by atoms with van der Waals surface area (Å²) >= 11 is 5.57. The lowest BCUT2D eigenvalue weighted by Gasteiger charge is -2.09. The molecule has 0 spiro atoms. The topological polar surface area (TPSA) is 72.2 Å². The maximum atomic E-state index is 13.5. The Balaban J connectivity index is 2.38. The second kappa shape index (κ2) is 5.26. The van der Waals surface area contributed by atoms with E-state index in [1.807, 2.05) is 4.72 Å². The number of anilines is 2. The molecular formula is C12H9ClF2N2O2S. The lowest BCUT2D eigenvalue weighted by molar-refractivity contribution is 0.597. The molecule has 0 amide bonds. The summed E-state index contributed by atoms with van der Waals surface area (Å²) in [5.41, 5.74) is 4.72. The van der Waals surface area contributed by atoms with E-state index in [4.69, 9.17) is 17.3 Å². The Kier molecular flexibility index (Phi) is 3.82. The molecule has 0 unspecified atom stereocenters. The number of benzene rings is 2. The van der Waals surface area contributed by atoms with Crippen molar-refractivity contribution in [3.8, 4) is 0 Å². The van der Waals surface area contributed by atoms with Gasteiger partial charge in [0.05, 0.1) is 16.3 Å². The number of sulfonamides is 1. The van der Waals surface area contributed by atoms with Crippen molar-refractivity contribution in [2.24, 2.45) is 0 Å². The number of hydrogen-bond donors (Lipinski definition) is 2. The fourth-order valence-electron chi connectivity index (χ4n) is 1.46. The summed E-state index contributed by atoms with van der Waals surface area (Å²) in [7, 11) is -4.07. The molecule has 0 aliphatic carbocycles. The molecule has 106 valence electrons. The number of halogens is 3. The molecule has 0 aromatic heterocycles. The second-order valence-corrected chi connectivity index (χ2v) is 6.03. The van der Waals surface area contributed by atoms with E-state index in [9.17, 15) is 17.2 Å². The number of nitrogens with two attached hydrogens (primary N) is 1. The lowest BCUT2D eigenvalue weighted by atomic mass is 10.3. The molecule has 0 fully saturated rings. The lowest BCUT2D eigenvalue weighted by Crippen LogP contribution is -2.14. The smallest absolute Gasteiger partial charge is 0.262 e. The standard InChI is InChI=1S/C12H9ClF2N2O2S/c13-7-1-4-12(10(15)5-7)17-20(18,19)8-2-3-9(14)11(16)6-8/h1-6,17H,16H2. The monoisotopic (exact) mass is 318 g/mol. The molecule has 0 bridgehead atoms. The molecule has 4 nitrogen and oxygen atoms in total. The van der Waals surface area contributed by atoms with Crippen molar-refractivity contribution in [1.29, 1.82) is 0 Å². The molecule has 2 rings (SSSR count). The molecule has 2 aromatic carbocycles. The first-order valence-corrected chi connectivity index (χ1v) is 7.18. The summed E-state index contributed by atoms with van der Waals surface area (Å²) in [6.45, 7) is 0.